The Morgan fingerprint density at radius 1 is 1.25 bits per heavy atom. The van der Waals surface area contributed by atoms with Gasteiger partial charge in [-0.05, 0) is 12.8 Å². The largest absolute Gasteiger partial charge is 0.504 e. The van der Waals surface area contributed by atoms with Crippen LogP contribution in [0.15, 0.2) is 0 Å². The van der Waals surface area contributed by atoms with E-state index in [1.54, 1.807) is 0 Å². The molecule has 1 rings (SSSR count). The van der Waals surface area contributed by atoms with Crippen LogP contribution < -0.4 is 0 Å². The average molecular weight is 224 g/mol. The van der Waals surface area contributed by atoms with Crippen LogP contribution in [0.4, 0.5) is 0 Å². The first-order valence-corrected chi connectivity index (χ1v) is 6.20. The van der Waals surface area contributed by atoms with Crippen molar-refractivity contribution >= 4 is 0 Å². The van der Waals surface area contributed by atoms with Gasteiger partial charge in [-0.25, -0.2) is 0 Å². The molecule has 0 spiro atoms. The number of aryl methyl sites for hydroxylation is 2. The number of unbranched alkanes of at least 4 members (excludes halogenated alkanes) is 1. The fourth-order valence-corrected chi connectivity index (χ4v) is 1.95. The Labute approximate surface area is 98.5 Å². The maximum atomic E-state index is 10.2. The molecule has 0 amide bonds. The normalized spacial score (nSPS) is 12.1. The van der Waals surface area contributed by atoms with Crippen LogP contribution in [0.2, 0.25) is 0 Å². The molecule has 1 N–H and O–H groups in total. The minimum atomic E-state index is -0.0573. The highest BCUT2D eigenvalue weighted by molar-refractivity contribution is 5.36. The van der Waals surface area contributed by atoms with Crippen molar-refractivity contribution in [3.05, 3.63) is 11.4 Å². The molecule has 0 unspecified atom stereocenters. The molecule has 0 fully saturated rings. The molecule has 0 radical (unpaired) electrons. The van der Waals surface area contributed by atoms with Crippen LogP contribution in [0.5, 0.6) is 5.75 Å². The lowest BCUT2D eigenvalue weighted by atomic mass is 9.91. The third kappa shape index (κ3) is 2.57. The van der Waals surface area contributed by atoms with Gasteiger partial charge in [0.05, 0.1) is 5.69 Å². The molecule has 0 atom stereocenters. The van der Waals surface area contributed by atoms with Gasteiger partial charge in [0.15, 0.2) is 5.75 Å². The molecule has 0 saturated carbocycles. The van der Waals surface area contributed by atoms with E-state index in [1.165, 1.54) is 0 Å². The summed E-state index contributed by atoms with van der Waals surface area (Å²) >= 11 is 0. The molecule has 1 aromatic heterocycles. The van der Waals surface area contributed by atoms with Gasteiger partial charge in [-0.3, -0.25) is 4.68 Å². The Morgan fingerprint density at radius 3 is 2.31 bits per heavy atom. The quantitative estimate of drug-likeness (QED) is 0.852. The van der Waals surface area contributed by atoms with Crippen molar-refractivity contribution in [3.8, 4) is 5.75 Å². The summed E-state index contributed by atoms with van der Waals surface area (Å²) in [5, 5.41) is 14.7. The SMILES string of the molecule is CCCCn1nc(CC)c(O)c1C(C)(C)C. The predicted molar refractivity (Wildman–Crippen MR) is 66.9 cm³/mol. The predicted octanol–water partition coefficient (Wildman–Crippen LogP) is 3.25. The van der Waals surface area contributed by atoms with Crippen molar-refractivity contribution < 1.29 is 5.11 Å². The van der Waals surface area contributed by atoms with E-state index in [2.05, 4.69) is 32.8 Å². The second-order valence-electron chi connectivity index (χ2n) is 5.32. The van der Waals surface area contributed by atoms with Gasteiger partial charge in [0, 0.05) is 12.0 Å². The monoisotopic (exact) mass is 224 g/mol. The molecule has 3 heteroatoms. The summed E-state index contributed by atoms with van der Waals surface area (Å²) in [5.41, 5.74) is 1.73. The van der Waals surface area contributed by atoms with Crippen LogP contribution in [-0.2, 0) is 18.4 Å². The lowest BCUT2D eigenvalue weighted by molar-refractivity contribution is 0.419. The van der Waals surface area contributed by atoms with Crippen molar-refractivity contribution in [1.82, 2.24) is 9.78 Å². The molecule has 0 aromatic carbocycles. The van der Waals surface area contributed by atoms with E-state index in [9.17, 15) is 5.11 Å². The van der Waals surface area contributed by atoms with Crippen LogP contribution in [0.3, 0.4) is 0 Å². The molecule has 0 bridgehead atoms. The fraction of sp³-hybridized carbons (Fsp3) is 0.769. The van der Waals surface area contributed by atoms with Crippen molar-refractivity contribution in [2.45, 2.75) is 65.8 Å². The molecule has 0 saturated heterocycles. The zero-order valence-corrected chi connectivity index (χ0v) is 11.2. The van der Waals surface area contributed by atoms with E-state index in [4.69, 9.17) is 0 Å². The molecule has 16 heavy (non-hydrogen) atoms. The van der Waals surface area contributed by atoms with Crippen LogP contribution in [-0.4, -0.2) is 14.9 Å². The van der Waals surface area contributed by atoms with E-state index >= 15 is 0 Å². The average Bonchev–Trinajstić information content (AvgIpc) is 2.51. The van der Waals surface area contributed by atoms with Gasteiger partial charge < -0.3 is 5.11 Å². The van der Waals surface area contributed by atoms with Crippen LogP contribution >= 0.6 is 0 Å². The second-order valence-corrected chi connectivity index (χ2v) is 5.32. The van der Waals surface area contributed by atoms with Gasteiger partial charge >= 0.3 is 0 Å². The third-order valence-corrected chi connectivity index (χ3v) is 2.77. The van der Waals surface area contributed by atoms with Crippen molar-refractivity contribution in [3.63, 3.8) is 0 Å². The highest BCUT2D eigenvalue weighted by Crippen LogP contribution is 2.33. The van der Waals surface area contributed by atoms with E-state index in [0.717, 1.165) is 37.2 Å². The maximum Gasteiger partial charge on any atom is 0.160 e. The van der Waals surface area contributed by atoms with Gasteiger partial charge in [-0.15, -0.1) is 0 Å². The first kappa shape index (κ1) is 13.1. The lowest BCUT2D eigenvalue weighted by Crippen LogP contribution is -2.18. The summed E-state index contributed by atoms with van der Waals surface area (Å²) in [5.74, 6) is 0.395. The Kier molecular flexibility index (Phi) is 4.00. The minimum Gasteiger partial charge on any atom is -0.504 e. The van der Waals surface area contributed by atoms with Gasteiger partial charge in [0.1, 0.15) is 5.69 Å². The number of nitrogens with zero attached hydrogens (tertiary/aromatic N) is 2. The summed E-state index contributed by atoms with van der Waals surface area (Å²) in [6.07, 6.45) is 3.03. The Hall–Kier alpha value is -0.990. The Morgan fingerprint density at radius 2 is 1.88 bits per heavy atom. The van der Waals surface area contributed by atoms with Gasteiger partial charge in [0.25, 0.3) is 0 Å². The van der Waals surface area contributed by atoms with Crippen LogP contribution in [0.1, 0.15) is 58.8 Å². The summed E-state index contributed by atoms with van der Waals surface area (Å²) in [7, 11) is 0. The smallest absolute Gasteiger partial charge is 0.160 e. The summed E-state index contributed by atoms with van der Waals surface area (Å²) in [6.45, 7) is 11.4. The van der Waals surface area contributed by atoms with E-state index < -0.39 is 0 Å². The first-order chi connectivity index (χ1) is 7.41. The molecule has 0 aliphatic heterocycles. The number of rotatable bonds is 4. The Bertz CT molecular complexity index is 348. The summed E-state index contributed by atoms with van der Waals surface area (Å²) in [6, 6.07) is 0. The number of hydrogen-bond acceptors (Lipinski definition) is 2. The van der Waals surface area contributed by atoms with Crippen molar-refractivity contribution in [1.29, 1.82) is 0 Å². The molecule has 92 valence electrons. The standard InChI is InChI=1S/C13H24N2O/c1-6-8-9-15-12(13(3,4)5)11(16)10(7-2)14-15/h16H,6-9H2,1-5H3. The molecular formula is C13H24N2O. The number of hydrogen-bond donors (Lipinski definition) is 1. The zero-order valence-electron chi connectivity index (χ0n) is 11.2. The fourth-order valence-electron chi connectivity index (χ4n) is 1.95. The highest BCUT2D eigenvalue weighted by atomic mass is 16.3. The molecule has 1 aromatic rings. The maximum absolute atomic E-state index is 10.2. The molecule has 1 heterocycles. The molecule has 3 nitrogen and oxygen atoms in total. The highest BCUT2D eigenvalue weighted by Gasteiger charge is 2.26. The van der Waals surface area contributed by atoms with E-state index in [0.29, 0.717) is 5.75 Å². The third-order valence-electron chi connectivity index (χ3n) is 2.77. The molecule has 0 aliphatic rings. The number of aromatic nitrogens is 2. The van der Waals surface area contributed by atoms with Crippen molar-refractivity contribution in [2.24, 2.45) is 0 Å². The lowest BCUT2D eigenvalue weighted by Gasteiger charge is -2.20. The van der Waals surface area contributed by atoms with E-state index in [1.807, 2.05) is 11.6 Å². The van der Waals surface area contributed by atoms with Gasteiger partial charge in [-0.2, -0.15) is 5.10 Å². The minimum absolute atomic E-state index is 0.0573. The van der Waals surface area contributed by atoms with Gasteiger partial charge in [0.2, 0.25) is 0 Å². The number of aromatic hydroxyl groups is 1. The molecule has 0 aliphatic carbocycles. The topological polar surface area (TPSA) is 38.0 Å². The van der Waals surface area contributed by atoms with Crippen LogP contribution in [0, 0.1) is 0 Å². The first-order valence-electron chi connectivity index (χ1n) is 6.20. The zero-order chi connectivity index (χ0) is 12.3. The molecular weight excluding hydrogens is 200 g/mol. The second kappa shape index (κ2) is 4.89. The van der Waals surface area contributed by atoms with E-state index in [-0.39, 0.29) is 5.41 Å². The summed E-state index contributed by atoms with van der Waals surface area (Å²) < 4.78 is 1.98. The summed E-state index contributed by atoms with van der Waals surface area (Å²) in [4.78, 5) is 0. The van der Waals surface area contributed by atoms with Gasteiger partial charge in [-0.1, -0.05) is 41.0 Å². The Balaban J connectivity index is 3.15. The van der Waals surface area contributed by atoms with Crippen molar-refractivity contribution in [2.75, 3.05) is 0 Å². The van der Waals surface area contributed by atoms with Crippen LogP contribution in [0.25, 0.3) is 0 Å².